The van der Waals surface area contributed by atoms with E-state index in [-0.39, 0.29) is 36.6 Å². The zero-order valence-corrected chi connectivity index (χ0v) is 29.7. The first kappa shape index (κ1) is 36.2. The Morgan fingerprint density at radius 2 is 1.78 bits per heavy atom. The van der Waals surface area contributed by atoms with Crippen molar-refractivity contribution in [3.63, 3.8) is 0 Å². The summed E-state index contributed by atoms with van der Waals surface area (Å²) in [4.78, 5) is 40.6. The van der Waals surface area contributed by atoms with Crippen molar-refractivity contribution >= 4 is 30.5 Å². The van der Waals surface area contributed by atoms with Crippen LogP contribution in [0.25, 0.3) is 0 Å². The zero-order valence-electron chi connectivity index (χ0n) is 28.8. The highest BCUT2D eigenvalue weighted by atomic mass is 32.1. The molecule has 1 saturated heterocycles. The van der Waals surface area contributed by atoms with E-state index < -0.39 is 75.0 Å². The largest absolute Gasteiger partial charge is 0.456 e. The predicted molar refractivity (Wildman–Crippen MR) is 172 cm³/mol. The number of amides is 1. The summed E-state index contributed by atoms with van der Waals surface area (Å²) in [6, 6.07) is -0.995. The van der Waals surface area contributed by atoms with Gasteiger partial charge in [0.05, 0.1) is 24.4 Å². The lowest BCUT2D eigenvalue weighted by Gasteiger charge is -2.68. The summed E-state index contributed by atoms with van der Waals surface area (Å²) in [5, 5.41) is 38.1. The van der Waals surface area contributed by atoms with Crippen LogP contribution in [0.2, 0.25) is 0 Å². The van der Waals surface area contributed by atoms with Crippen LogP contribution < -0.4 is 5.32 Å². The number of ketones is 1. The molecule has 2 saturated carbocycles. The maximum absolute atomic E-state index is 14.4. The monoisotopic (exact) mass is 653 g/mol. The standard InChI is InChI=1S/C34H55NO9S/c1-16(2)12-19(35-29(40)44-30(5,6)7)24(36)28(39)43-20-14-34(41)18(4)26-32(10)15-42-21(32)13-22(45)33(26,11)27(38)25(37)23(17(20)3)31(34,8)9/h16,18-22,24-26,36-37,41,45H,12-15H2,1-11H3,(H,35,40)/t18-,19-,20-,21+,22-,24+,25+,26+,32+,33+,34+/m0/s1. The molecule has 0 aromatic rings. The number of aliphatic hydroxyl groups is 3. The Kier molecular flexibility index (Phi) is 9.48. The fraction of sp³-hybridized carbons (Fsp3) is 0.853. The number of carbonyl (C=O) groups is 3. The van der Waals surface area contributed by atoms with Crippen molar-refractivity contribution < 1.29 is 43.9 Å². The maximum Gasteiger partial charge on any atom is 0.407 e. The molecule has 4 N–H and O–H groups in total. The number of aliphatic hydroxyl groups excluding tert-OH is 2. The molecule has 0 aromatic heterocycles. The molecular formula is C34H55NO9S. The van der Waals surface area contributed by atoms with Crippen molar-refractivity contribution in [1.82, 2.24) is 5.32 Å². The van der Waals surface area contributed by atoms with Crippen molar-refractivity contribution in [2.24, 2.45) is 34.0 Å². The molecule has 3 fully saturated rings. The van der Waals surface area contributed by atoms with Crippen LogP contribution in [0.5, 0.6) is 0 Å². The summed E-state index contributed by atoms with van der Waals surface area (Å²) in [6.45, 7) is 20.6. The molecule has 11 heteroatoms. The molecule has 256 valence electrons. The minimum atomic E-state index is -1.73. The summed E-state index contributed by atoms with van der Waals surface area (Å²) >= 11 is 4.89. The molecule has 0 radical (unpaired) electrons. The molecule has 11 atom stereocenters. The number of alkyl carbamates (subject to hydrolysis) is 1. The fourth-order valence-corrected chi connectivity index (χ4v) is 9.66. The number of hydrogen-bond acceptors (Lipinski definition) is 10. The van der Waals surface area contributed by atoms with E-state index in [9.17, 15) is 29.7 Å². The van der Waals surface area contributed by atoms with Crippen molar-refractivity contribution in [2.75, 3.05) is 6.61 Å². The van der Waals surface area contributed by atoms with Crippen LogP contribution in [0, 0.1) is 34.0 Å². The van der Waals surface area contributed by atoms with E-state index in [1.807, 2.05) is 41.5 Å². The second-order valence-electron chi connectivity index (χ2n) is 16.5. The van der Waals surface area contributed by atoms with E-state index in [2.05, 4.69) is 12.2 Å². The van der Waals surface area contributed by atoms with Gasteiger partial charge in [-0.25, -0.2) is 9.59 Å². The third-order valence-electron chi connectivity index (χ3n) is 11.6. The summed E-state index contributed by atoms with van der Waals surface area (Å²) in [6.07, 6.45) is -4.39. The van der Waals surface area contributed by atoms with Gasteiger partial charge in [0.1, 0.15) is 17.8 Å². The number of hydrogen-bond donors (Lipinski definition) is 5. The van der Waals surface area contributed by atoms with Crippen LogP contribution in [-0.2, 0) is 23.8 Å². The smallest absolute Gasteiger partial charge is 0.407 e. The average molecular weight is 654 g/mol. The number of nitrogens with one attached hydrogen (secondary N) is 1. The van der Waals surface area contributed by atoms with Crippen molar-refractivity contribution in [1.29, 1.82) is 0 Å². The van der Waals surface area contributed by atoms with Gasteiger partial charge in [0.15, 0.2) is 11.9 Å². The van der Waals surface area contributed by atoms with Gasteiger partial charge in [-0.05, 0) is 69.4 Å². The molecule has 45 heavy (non-hydrogen) atoms. The van der Waals surface area contributed by atoms with E-state index in [1.165, 1.54) is 0 Å². The van der Waals surface area contributed by atoms with Gasteiger partial charge in [0, 0.05) is 27.9 Å². The Morgan fingerprint density at radius 1 is 1.18 bits per heavy atom. The molecule has 0 unspecified atom stereocenters. The topological polar surface area (TPSA) is 152 Å². The Balaban J connectivity index is 1.73. The van der Waals surface area contributed by atoms with Crippen molar-refractivity contribution in [3.8, 4) is 0 Å². The molecule has 4 aliphatic rings. The lowest BCUT2D eigenvalue weighted by molar-refractivity contribution is -0.281. The van der Waals surface area contributed by atoms with Crippen LogP contribution >= 0.6 is 12.6 Å². The number of rotatable bonds is 6. The quantitative estimate of drug-likeness (QED) is 0.163. The van der Waals surface area contributed by atoms with Crippen LogP contribution in [0.15, 0.2) is 11.1 Å². The number of esters is 1. The average Bonchev–Trinajstić information content (AvgIpc) is 2.89. The van der Waals surface area contributed by atoms with Gasteiger partial charge < -0.3 is 34.8 Å². The first-order valence-corrected chi connectivity index (χ1v) is 16.8. The SMILES string of the molecule is CC1=C2[C@@H](O)C(=O)[C@@]3(C)[C@H]([C@H](C)[C@](O)(C[C@@H]1OC(=O)[C@H](O)[C@H](CC(C)C)NC(=O)OC(C)(C)C)C2(C)C)[C@]1(C)CO[C@@H]1C[C@@H]3S. The number of Topliss-reactive ketones (excluding diaryl/α,β-unsaturated/α-hetero) is 1. The molecule has 1 aliphatic heterocycles. The van der Waals surface area contributed by atoms with Gasteiger partial charge in [-0.3, -0.25) is 4.79 Å². The minimum Gasteiger partial charge on any atom is -0.456 e. The molecule has 1 amide bonds. The highest BCUT2D eigenvalue weighted by molar-refractivity contribution is 7.81. The Labute approximate surface area is 273 Å². The predicted octanol–water partition coefficient (Wildman–Crippen LogP) is 3.99. The summed E-state index contributed by atoms with van der Waals surface area (Å²) < 4.78 is 17.2. The van der Waals surface area contributed by atoms with Crippen molar-refractivity contribution in [3.05, 3.63) is 11.1 Å². The normalized spacial score (nSPS) is 40.7. The number of fused-ring (bicyclic) bond motifs is 5. The summed E-state index contributed by atoms with van der Waals surface area (Å²) in [7, 11) is 0. The third kappa shape index (κ3) is 5.76. The van der Waals surface area contributed by atoms with Gasteiger partial charge in [-0.1, -0.05) is 48.5 Å². The molecule has 2 bridgehead atoms. The Morgan fingerprint density at radius 3 is 2.29 bits per heavy atom. The molecule has 4 rings (SSSR count). The van der Waals surface area contributed by atoms with Crippen LogP contribution in [0.1, 0.15) is 95.4 Å². The second-order valence-corrected chi connectivity index (χ2v) is 17.1. The second kappa shape index (κ2) is 11.8. The van der Waals surface area contributed by atoms with Crippen LogP contribution in [0.4, 0.5) is 4.79 Å². The molecule has 3 aliphatic carbocycles. The van der Waals surface area contributed by atoms with Gasteiger partial charge >= 0.3 is 12.1 Å². The molecule has 1 heterocycles. The molecule has 0 spiro atoms. The van der Waals surface area contributed by atoms with Crippen LogP contribution in [-0.4, -0.2) is 86.7 Å². The summed E-state index contributed by atoms with van der Waals surface area (Å²) in [5.41, 5.74) is -4.06. The summed E-state index contributed by atoms with van der Waals surface area (Å²) in [5.74, 6) is -2.20. The van der Waals surface area contributed by atoms with Gasteiger partial charge in [0.25, 0.3) is 0 Å². The highest BCUT2D eigenvalue weighted by Gasteiger charge is 2.72. The van der Waals surface area contributed by atoms with Gasteiger partial charge in [-0.2, -0.15) is 12.6 Å². The van der Waals surface area contributed by atoms with Crippen molar-refractivity contribution in [2.45, 2.75) is 142 Å². The van der Waals surface area contributed by atoms with E-state index in [1.54, 1.807) is 27.7 Å². The first-order valence-electron chi connectivity index (χ1n) is 16.3. The number of ether oxygens (including phenoxy) is 3. The lowest BCUT2D eigenvalue weighted by Crippen LogP contribution is -2.74. The Bertz CT molecular complexity index is 1240. The minimum absolute atomic E-state index is 0.00433. The maximum atomic E-state index is 14.4. The number of carbonyl (C=O) groups excluding carboxylic acids is 3. The third-order valence-corrected chi connectivity index (χ3v) is 12.3. The van der Waals surface area contributed by atoms with E-state index in [4.69, 9.17) is 26.8 Å². The Hall–Kier alpha value is -1.66. The molecule has 10 nitrogen and oxygen atoms in total. The zero-order chi connectivity index (χ0) is 34.2. The lowest BCUT2D eigenvalue weighted by atomic mass is 9.41. The van der Waals surface area contributed by atoms with Gasteiger partial charge in [0.2, 0.25) is 0 Å². The van der Waals surface area contributed by atoms with Gasteiger partial charge in [-0.15, -0.1) is 0 Å². The van der Waals surface area contributed by atoms with Crippen LogP contribution in [0.3, 0.4) is 0 Å². The van der Waals surface area contributed by atoms with E-state index in [0.29, 0.717) is 24.2 Å². The molecular weight excluding hydrogens is 598 g/mol. The van der Waals surface area contributed by atoms with E-state index in [0.717, 1.165) is 0 Å². The molecule has 0 aromatic carbocycles. The fourth-order valence-electron chi connectivity index (χ4n) is 9.18. The highest BCUT2D eigenvalue weighted by Crippen LogP contribution is 2.67. The first-order chi connectivity index (χ1) is 20.4. The number of thiol groups is 1. The van der Waals surface area contributed by atoms with E-state index >= 15 is 0 Å².